The molecule has 1 aromatic heterocycles. The van der Waals surface area contributed by atoms with Gasteiger partial charge in [-0.3, -0.25) is 4.79 Å². The van der Waals surface area contributed by atoms with Crippen LogP contribution in [0.15, 0.2) is 24.3 Å². The summed E-state index contributed by atoms with van der Waals surface area (Å²) in [6.45, 7) is 0. The molecule has 104 valence electrons. The Morgan fingerprint density at radius 1 is 1.20 bits per heavy atom. The summed E-state index contributed by atoms with van der Waals surface area (Å²) >= 11 is 5.62. The van der Waals surface area contributed by atoms with E-state index in [1.807, 2.05) is 0 Å². The fraction of sp³-hybridized carbons (Fsp3) is 0. The predicted octanol–water partition coefficient (Wildman–Crippen LogP) is 2.99. The maximum atomic E-state index is 13.4. The van der Waals surface area contributed by atoms with Gasteiger partial charge in [-0.25, -0.2) is 18.2 Å². The topological polar surface area (TPSA) is 68.0 Å². The molecular formula is C12H7ClF3N3O. The Kier molecular flexibility index (Phi) is 3.80. The molecule has 20 heavy (non-hydrogen) atoms. The third-order valence-corrected chi connectivity index (χ3v) is 2.55. The molecule has 0 unspecified atom stereocenters. The highest BCUT2D eigenvalue weighted by Gasteiger charge is 2.16. The number of hydrogen-bond acceptors (Lipinski definition) is 3. The van der Waals surface area contributed by atoms with E-state index in [-0.39, 0.29) is 16.5 Å². The lowest BCUT2D eigenvalue weighted by Gasteiger charge is -2.08. The van der Waals surface area contributed by atoms with E-state index >= 15 is 0 Å². The van der Waals surface area contributed by atoms with E-state index in [0.717, 1.165) is 6.07 Å². The van der Waals surface area contributed by atoms with Gasteiger partial charge in [-0.1, -0.05) is 11.6 Å². The van der Waals surface area contributed by atoms with Gasteiger partial charge in [-0.15, -0.1) is 0 Å². The first-order valence-corrected chi connectivity index (χ1v) is 5.64. The highest BCUT2D eigenvalue weighted by Crippen LogP contribution is 2.21. The molecule has 0 bridgehead atoms. The number of hydrogen-bond donors (Lipinski definition) is 2. The minimum Gasteiger partial charge on any atom is -0.384 e. The summed E-state index contributed by atoms with van der Waals surface area (Å²) in [4.78, 5) is 15.5. The lowest BCUT2D eigenvalue weighted by molar-refractivity contribution is 0.102. The number of nitrogens with one attached hydrogen (secondary N) is 1. The van der Waals surface area contributed by atoms with E-state index < -0.39 is 29.0 Å². The minimum absolute atomic E-state index is 0.00610. The van der Waals surface area contributed by atoms with E-state index in [2.05, 4.69) is 10.3 Å². The maximum absolute atomic E-state index is 13.4. The molecule has 2 rings (SSSR count). The monoisotopic (exact) mass is 301 g/mol. The molecule has 0 aliphatic rings. The second kappa shape index (κ2) is 5.38. The summed E-state index contributed by atoms with van der Waals surface area (Å²) in [7, 11) is 0. The normalized spacial score (nSPS) is 10.4. The number of aromatic nitrogens is 1. The third-order valence-electron chi connectivity index (χ3n) is 2.36. The summed E-state index contributed by atoms with van der Waals surface area (Å²) in [5, 5.41) is 2.06. The van der Waals surface area contributed by atoms with Gasteiger partial charge in [0.2, 0.25) is 0 Å². The number of nitrogens with zero attached hydrogens (tertiary/aromatic N) is 1. The fourth-order valence-corrected chi connectivity index (χ4v) is 1.68. The number of carbonyl (C=O) groups is 1. The van der Waals surface area contributed by atoms with Gasteiger partial charge < -0.3 is 11.1 Å². The van der Waals surface area contributed by atoms with Gasteiger partial charge in [0.15, 0.2) is 17.5 Å². The molecule has 0 aliphatic heterocycles. The maximum Gasteiger partial charge on any atom is 0.255 e. The number of amides is 1. The highest BCUT2D eigenvalue weighted by atomic mass is 35.5. The zero-order chi connectivity index (χ0) is 14.9. The highest BCUT2D eigenvalue weighted by molar-refractivity contribution is 6.30. The van der Waals surface area contributed by atoms with Crippen LogP contribution in [-0.2, 0) is 0 Å². The molecule has 0 aliphatic carbocycles. The lowest BCUT2D eigenvalue weighted by Crippen LogP contribution is -2.14. The van der Waals surface area contributed by atoms with Crippen LogP contribution < -0.4 is 11.1 Å². The van der Waals surface area contributed by atoms with Gasteiger partial charge in [0.1, 0.15) is 11.0 Å². The van der Waals surface area contributed by atoms with Crippen LogP contribution in [0.4, 0.5) is 24.7 Å². The molecule has 0 radical (unpaired) electrons. The average Bonchev–Trinajstić information content (AvgIpc) is 2.38. The van der Waals surface area contributed by atoms with Crippen LogP contribution in [-0.4, -0.2) is 10.9 Å². The largest absolute Gasteiger partial charge is 0.384 e. The van der Waals surface area contributed by atoms with Gasteiger partial charge in [0, 0.05) is 5.56 Å². The molecule has 1 amide bonds. The number of carbonyl (C=O) groups excluding carboxylic acids is 1. The summed E-state index contributed by atoms with van der Waals surface area (Å²) in [6.07, 6.45) is 0. The first-order valence-electron chi connectivity index (χ1n) is 5.26. The number of nitrogens with two attached hydrogens (primary N) is 1. The molecule has 1 heterocycles. The van der Waals surface area contributed by atoms with E-state index in [1.165, 1.54) is 12.1 Å². The fourth-order valence-electron chi connectivity index (χ4n) is 1.47. The van der Waals surface area contributed by atoms with Crippen molar-refractivity contribution in [1.29, 1.82) is 0 Å². The van der Waals surface area contributed by atoms with Gasteiger partial charge in [-0.05, 0) is 24.3 Å². The van der Waals surface area contributed by atoms with Crippen molar-refractivity contribution in [2.45, 2.75) is 0 Å². The van der Waals surface area contributed by atoms with Crippen molar-refractivity contribution in [2.75, 3.05) is 11.1 Å². The van der Waals surface area contributed by atoms with Gasteiger partial charge in [0.25, 0.3) is 5.91 Å². The van der Waals surface area contributed by atoms with Gasteiger partial charge in [0.05, 0.1) is 5.69 Å². The molecule has 2 aromatic rings. The smallest absolute Gasteiger partial charge is 0.255 e. The van der Waals surface area contributed by atoms with Crippen molar-refractivity contribution in [3.63, 3.8) is 0 Å². The van der Waals surface area contributed by atoms with Crippen molar-refractivity contribution in [2.24, 2.45) is 0 Å². The number of nitrogen functional groups attached to an aromatic ring is 1. The summed E-state index contributed by atoms with van der Waals surface area (Å²) in [5.74, 6) is -5.31. The van der Waals surface area contributed by atoms with Gasteiger partial charge >= 0.3 is 0 Å². The molecule has 3 N–H and O–H groups in total. The Labute approximate surface area is 116 Å². The van der Waals surface area contributed by atoms with E-state index in [4.69, 9.17) is 17.3 Å². The lowest BCUT2D eigenvalue weighted by atomic mass is 10.2. The van der Waals surface area contributed by atoms with Crippen LogP contribution in [0.3, 0.4) is 0 Å². The van der Waals surface area contributed by atoms with Crippen LogP contribution in [0.1, 0.15) is 10.4 Å². The van der Waals surface area contributed by atoms with Crippen molar-refractivity contribution >= 4 is 29.0 Å². The van der Waals surface area contributed by atoms with E-state index in [1.54, 1.807) is 0 Å². The van der Waals surface area contributed by atoms with Crippen LogP contribution >= 0.6 is 11.6 Å². The van der Waals surface area contributed by atoms with Crippen molar-refractivity contribution in [1.82, 2.24) is 4.98 Å². The molecular weight excluding hydrogens is 295 g/mol. The molecule has 0 spiro atoms. The Morgan fingerprint density at radius 3 is 2.55 bits per heavy atom. The predicted molar refractivity (Wildman–Crippen MR) is 67.9 cm³/mol. The number of benzene rings is 1. The van der Waals surface area contributed by atoms with Gasteiger partial charge in [-0.2, -0.15) is 0 Å². The summed E-state index contributed by atoms with van der Waals surface area (Å²) in [5.41, 5.74) is 4.91. The third kappa shape index (κ3) is 2.83. The second-order valence-corrected chi connectivity index (χ2v) is 4.17. The first-order chi connectivity index (χ1) is 9.38. The van der Waals surface area contributed by atoms with E-state index in [9.17, 15) is 18.0 Å². The zero-order valence-electron chi connectivity index (χ0n) is 9.75. The summed E-state index contributed by atoms with van der Waals surface area (Å²) in [6, 6.07) is 4.00. The number of anilines is 2. The van der Waals surface area contributed by atoms with Crippen LogP contribution in [0.25, 0.3) is 0 Å². The Hall–Kier alpha value is -2.28. The molecule has 1 aromatic carbocycles. The Balaban J connectivity index is 2.30. The zero-order valence-corrected chi connectivity index (χ0v) is 10.5. The van der Waals surface area contributed by atoms with Crippen molar-refractivity contribution in [3.8, 4) is 0 Å². The Bertz CT molecular complexity index is 674. The van der Waals surface area contributed by atoms with Crippen LogP contribution in [0.5, 0.6) is 0 Å². The van der Waals surface area contributed by atoms with Crippen molar-refractivity contribution < 1.29 is 18.0 Å². The Morgan fingerprint density at radius 2 is 1.90 bits per heavy atom. The average molecular weight is 302 g/mol. The quantitative estimate of drug-likeness (QED) is 0.662. The standard InChI is InChI=1S/C12H7ClF3N3O/c13-8-3-5(4-9(17)19-8)12(20)18-7-2-1-6(14)10(15)11(7)16/h1-4H,(H2,17,19)(H,18,20). The van der Waals surface area contributed by atoms with Crippen LogP contribution in [0, 0.1) is 17.5 Å². The SMILES string of the molecule is Nc1cc(C(=O)Nc2ccc(F)c(F)c2F)cc(Cl)n1. The number of pyridine rings is 1. The second-order valence-electron chi connectivity index (χ2n) is 3.78. The summed E-state index contributed by atoms with van der Waals surface area (Å²) < 4.78 is 39.2. The number of halogens is 4. The molecule has 0 saturated carbocycles. The molecule has 4 nitrogen and oxygen atoms in total. The molecule has 0 fully saturated rings. The molecule has 0 atom stereocenters. The van der Waals surface area contributed by atoms with Crippen molar-refractivity contribution in [3.05, 3.63) is 52.4 Å². The molecule has 8 heteroatoms. The van der Waals surface area contributed by atoms with Crippen LogP contribution in [0.2, 0.25) is 5.15 Å². The minimum atomic E-state index is -1.67. The molecule has 0 saturated heterocycles. The van der Waals surface area contributed by atoms with E-state index in [0.29, 0.717) is 6.07 Å². The number of rotatable bonds is 2. The first kappa shape index (κ1) is 14.1.